The molecule has 0 saturated carbocycles. The summed E-state index contributed by atoms with van der Waals surface area (Å²) in [4.78, 5) is 10.8. The molecule has 0 bridgehead atoms. The molecule has 0 radical (unpaired) electrons. The molecule has 0 aliphatic carbocycles. The van der Waals surface area contributed by atoms with Gasteiger partial charge in [-0.15, -0.1) is 0 Å². The van der Waals surface area contributed by atoms with E-state index < -0.39 is 5.97 Å². The van der Waals surface area contributed by atoms with Crippen molar-refractivity contribution in [3.8, 4) is 0 Å². The first-order valence-electron chi connectivity index (χ1n) is 5.04. The molecule has 1 aliphatic heterocycles. The second-order valence-corrected chi connectivity index (χ2v) is 4.11. The fraction of sp³-hybridized carbons (Fsp3) is 0.727. The molecule has 1 fully saturated rings. The van der Waals surface area contributed by atoms with E-state index in [-0.39, 0.29) is 5.60 Å². The van der Waals surface area contributed by atoms with Gasteiger partial charge in [0.15, 0.2) is 0 Å². The van der Waals surface area contributed by atoms with Crippen LogP contribution in [-0.2, 0) is 9.53 Å². The van der Waals surface area contributed by atoms with Gasteiger partial charge in [0.25, 0.3) is 0 Å². The number of carboxylic acid groups (broad SMARTS) is 1. The molecular formula is C11H18O3. The number of carbonyl (C=O) groups is 1. The molecule has 3 nitrogen and oxygen atoms in total. The normalized spacial score (nSPS) is 31.4. The van der Waals surface area contributed by atoms with Crippen LogP contribution in [0.15, 0.2) is 11.1 Å². The first-order chi connectivity index (χ1) is 6.48. The second kappa shape index (κ2) is 4.13. The SMILES string of the molecule is CCC1(C)CC(=C(C)C(=O)O)CCO1. The lowest BCUT2D eigenvalue weighted by molar-refractivity contribution is -0.132. The Morgan fingerprint density at radius 1 is 1.64 bits per heavy atom. The lowest BCUT2D eigenvalue weighted by Crippen LogP contribution is -2.33. The van der Waals surface area contributed by atoms with Gasteiger partial charge in [-0.2, -0.15) is 0 Å². The second-order valence-electron chi connectivity index (χ2n) is 4.11. The number of ether oxygens (including phenoxy) is 1. The molecule has 1 saturated heterocycles. The first-order valence-corrected chi connectivity index (χ1v) is 5.04. The highest BCUT2D eigenvalue weighted by atomic mass is 16.5. The maximum absolute atomic E-state index is 10.8. The first kappa shape index (κ1) is 11.2. The minimum Gasteiger partial charge on any atom is -0.478 e. The van der Waals surface area contributed by atoms with Gasteiger partial charge in [0, 0.05) is 5.57 Å². The number of carboxylic acids is 1. The number of rotatable bonds is 2. The van der Waals surface area contributed by atoms with Crippen LogP contribution in [0.3, 0.4) is 0 Å². The maximum Gasteiger partial charge on any atom is 0.331 e. The quantitative estimate of drug-likeness (QED) is 0.693. The third kappa shape index (κ3) is 2.35. The van der Waals surface area contributed by atoms with E-state index in [2.05, 4.69) is 6.92 Å². The number of aliphatic carboxylic acids is 1. The zero-order valence-corrected chi connectivity index (χ0v) is 9.09. The van der Waals surface area contributed by atoms with Crippen molar-refractivity contribution in [3.63, 3.8) is 0 Å². The zero-order chi connectivity index (χ0) is 10.8. The van der Waals surface area contributed by atoms with Gasteiger partial charge in [0.1, 0.15) is 0 Å². The molecule has 14 heavy (non-hydrogen) atoms. The van der Waals surface area contributed by atoms with E-state index in [0.717, 1.165) is 24.8 Å². The summed E-state index contributed by atoms with van der Waals surface area (Å²) in [5, 5.41) is 8.88. The Morgan fingerprint density at radius 3 is 2.79 bits per heavy atom. The molecule has 0 aromatic carbocycles. The standard InChI is InChI=1S/C11H18O3/c1-4-11(3)7-9(5-6-14-11)8(2)10(12)13/h4-7H2,1-3H3,(H,12,13). The highest BCUT2D eigenvalue weighted by molar-refractivity contribution is 5.86. The number of hydrogen-bond acceptors (Lipinski definition) is 2. The lowest BCUT2D eigenvalue weighted by Gasteiger charge is -2.35. The summed E-state index contributed by atoms with van der Waals surface area (Å²) < 4.78 is 5.65. The molecule has 3 heteroatoms. The van der Waals surface area contributed by atoms with Crippen LogP contribution in [0.1, 0.15) is 40.0 Å². The largest absolute Gasteiger partial charge is 0.478 e. The van der Waals surface area contributed by atoms with E-state index in [4.69, 9.17) is 9.84 Å². The molecule has 1 unspecified atom stereocenters. The monoisotopic (exact) mass is 198 g/mol. The van der Waals surface area contributed by atoms with Crippen LogP contribution in [-0.4, -0.2) is 23.3 Å². The van der Waals surface area contributed by atoms with Crippen LogP contribution in [0.5, 0.6) is 0 Å². The molecule has 0 aromatic heterocycles. The van der Waals surface area contributed by atoms with Gasteiger partial charge in [-0.25, -0.2) is 4.79 Å². The van der Waals surface area contributed by atoms with Gasteiger partial charge in [0.05, 0.1) is 12.2 Å². The average molecular weight is 198 g/mol. The van der Waals surface area contributed by atoms with E-state index >= 15 is 0 Å². The van der Waals surface area contributed by atoms with Crippen molar-refractivity contribution >= 4 is 5.97 Å². The Labute approximate surface area is 84.8 Å². The van der Waals surface area contributed by atoms with Crippen LogP contribution < -0.4 is 0 Å². The highest BCUT2D eigenvalue weighted by Crippen LogP contribution is 2.32. The van der Waals surface area contributed by atoms with Crippen molar-refractivity contribution in [2.45, 2.75) is 45.6 Å². The summed E-state index contributed by atoms with van der Waals surface area (Å²) in [6.07, 6.45) is 2.43. The topological polar surface area (TPSA) is 46.5 Å². The average Bonchev–Trinajstić information content (AvgIpc) is 2.16. The Balaban J connectivity index is 2.84. The molecule has 0 amide bonds. The van der Waals surface area contributed by atoms with Crippen molar-refractivity contribution in [3.05, 3.63) is 11.1 Å². The molecule has 1 N–H and O–H groups in total. The van der Waals surface area contributed by atoms with E-state index in [9.17, 15) is 4.79 Å². The molecule has 80 valence electrons. The van der Waals surface area contributed by atoms with E-state index in [1.165, 1.54) is 0 Å². The molecule has 1 heterocycles. The Kier molecular flexibility index (Phi) is 3.32. The van der Waals surface area contributed by atoms with Crippen molar-refractivity contribution in [1.82, 2.24) is 0 Å². The van der Waals surface area contributed by atoms with Crippen molar-refractivity contribution in [2.24, 2.45) is 0 Å². The fourth-order valence-corrected chi connectivity index (χ4v) is 1.71. The van der Waals surface area contributed by atoms with Crippen LogP contribution in [0.2, 0.25) is 0 Å². The van der Waals surface area contributed by atoms with Crippen molar-refractivity contribution in [2.75, 3.05) is 6.61 Å². The summed E-state index contributed by atoms with van der Waals surface area (Å²) in [5.41, 5.74) is 1.37. The third-order valence-electron chi connectivity index (χ3n) is 3.04. The Morgan fingerprint density at radius 2 is 2.29 bits per heavy atom. The Bertz CT molecular complexity index is 268. The summed E-state index contributed by atoms with van der Waals surface area (Å²) in [5.74, 6) is -0.805. The van der Waals surface area contributed by atoms with Crippen molar-refractivity contribution in [1.29, 1.82) is 0 Å². The summed E-state index contributed by atoms with van der Waals surface area (Å²) in [6, 6.07) is 0. The summed E-state index contributed by atoms with van der Waals surface area (Å²) in [7, 11) is 0. The van der Waals surface area contributed by atoms with Gasteiger partial charge in [-0.3, -0.25) is 0 Å². The summed E-state index contributed by atoms with van der Waals surface area (Å²) in [6.45, 7) is 6.43. The Hall–Kier alpha value is -0.830. The molecule has 0 spiro atoms. The predicted octanol–water partition coefficient (Wildman–Crippen LogP) is 2.37. The van der Waals surface area contributed by atoms with Crippen LogP contribution in [0.4, 0.5) is 0 Å². The van der Waals surface area contributed by atoms with Gasteiger partial charge in [-0.05, 0) is 33.1 Å². The fourth-order valence-electron chi connectivity index (χ4n) is 1.71. The molecule has 1 atom stereocenters. The predicted molar refractivity (Wildman–Crippen MR) is 54.2 cm³/mol. The third-order valence-corrected chi connectivity index (χ3v) is 3.04. The maximum atomic E-state index is 10.8. The summed E-state index contributed by atoms with van der Waals surface area (Å²) >= 11 is 0. The molecule has 1 aliphatic rings. The van der Waals surface area contributed by atoms with E-state index in [1.807, 2.05) is 6.92 Å². The van der Waals surface area contributed by atoms with Gasteiger partial charge in [-0.1, -0.05) is 12.5 Å². The van der Waals surface area contributed by atoms with E-state index in [0.29, 0.717) is 12.2 Å². The van der Waals surface area contributed by atoms with Gasteiger partial charge in [0.2, 0.25) is 0 Å². The van der Waals surface area contributed by atoms with Crippen LogP contribution in [0, 0.1) is 0 Å². The molecular weight excluding hydrogens is 180 g/mol. The minimum absolute atomic E-state index is 0.162. The zero-order valence-electron chi connectivity index (χ0n) is 9.09. The minimum atomic E-state index is -0.805. The van der Waals surface area contributed by atoms with Gasteiger partial charge >= 0.3 is 5.97 Å². The highest BCUT2D eigenvalue weighted by Gasteiger charge is 2.29. The molecule has 0 aromatic rings. The smallest absolute Gasteiger partial charge is 0.331 e. The van der Waals surface area contributed by atoms with Crippen LogP contribution in [0.25, 0.3) is 0 Å². The lowest BCUT2D eigenvalue weighted by atomic mass is 9.87. The number of hydrogen-bond donors (Lipinski definition) is 1. The van der Waals surface area contributed by atoms with Crippen LogP contribution >= 0.6 is 0 Å². The molecule has 1 rings (SSSR count). The van der Waals surface area contributed by atoms with Gasteiger partial charge < -0.3 is 9.84 Å². The van der Waals surface area contributed by atoms with E-state index in [1.54, 1.807) is 6.92 Å². The van der Waals surface area contributed by atoms with Crippen molar-refractivity contribution < 1.29 is 14.6 Å².